The molecule has 1 aromatic rings. The molecular formula is C9H8N. The van der Waals surface area contributed by atoms with Gasteiger partial charge in [-0.2, -0.15) is 5.26 Å². The second-order valence-corrected chi connectivity index (χ2v) is 2.13. The molecule has 0 heterocycles. The van der Waals surface area contributed by atoms with Gasteiger partial charge < -0.3 is 0 Å². The summed E-state index contributed by atoms with van der Waals surface area (Å²) in [5.41, 5.74) is 2.15. The highest BCUT2D eigenvalue weighted by Gasteiger charge is 1.93. The molecule has 1 nitrogen and oxygen atoms in total. The molecule has 0 atom stereocenters. The Morgan fingerprint density at radius 2 is 2.10 bits per heavy atom. The second-order valence-electron chi connectivity index (χ2n) is 2.13. The van der Waals surface area contributed by atoms with Crippen molar-refractivity contribution in [2.24, 2.45) is 0 Å². The summed E-state index contributed by atoms with van der Waals surface area (Å²) in [5.74, 6) is 0. The zero-order valence-electron chi connectivity index (χ0n) is 5.83. The van der Waals surface area contributed by atoms with Gasteiger partial charge in [0, 0.05) is 0 Å². The van der Waals surface area contributed by atoms with Gasteiger partial charge in [-0.15, -0.1) is 0 Å². The first kappa shape index (κ1) is 6.82. The largest absolute Gasteiger partial charge is 0.198 e. The van der Waals surface area contributed by atoms with Crippen molar-refractivity contribution in [3.8, 4) is 6.07 Å². The highest BCUT2D eigenvalue weighted by Crippen LogP contribution is 2.07. The lowest BCUT2D eigenvalue weighted by molar-refractivity contribution is 1.37. The van der Waals surface area contributed by atoms with Crippen LogP contribution in [0, 0.1) is 24.7 Å². The summed E-state index contributed by atoms with van der Waals surface area (Å²) in [5, 5.41) is 8.34. The number of aryl methyl sites for hydroxylation is 1. The Labute approximate surface area is 60.9 Å². The van der Waals surface area contributed by atoms with E-state index >= 15 is 0 Å². The average molecular weight is 130 g/mol. The number of nitrogens with zero attached hydrogens (tertiary/aromatic N) is 1. The van der Waals surface area contributed by atoms with Gasteiger partial charge >= 0.3 is 0 Å². The maximum absolute atomic E-state index is 8.34. The first-order valence-electron chi connectivity index (χ1n) is 3.13. The summed E-state index contributed by atoms with van der Waals surface area (Å²) >= 11 is 0. The van der Waals surface area contributed by atoms with E-state index in [0.29, 0.717) is 0 Å². The highest BCUT2D eigenvalue weighted by atomic mass is 14.2. The fourth-order valence-electron chi connectivity index (χ4n) is 0.818. The molecule has 0 aromatic heterocycles. The van der Waals surface area contributed by atoms with Crippen LogP contribution in [-0.4, -0.2) is 0 Å². The molecule has 0 saturated heterocycles. The first-order chi connectivity index (χ1) is 4.84. The number of hydrogen-bond acceptors (Lipinski definition) is 1. The quantitative estimate of drug-likeness (QED) is 0.571. The van der Waals surface area contributed by atoms with Crippen LogP contribution in [0.3, 0.4) is 0 Å². The summed E-state index contributed by atoms with van der Waals surface area (Å²) in [6, 6.07) is 9.81. The number of nitriles is 1. The third-order valence-corrected chi connectivity index (χ3v) is 1.41. The van der Waals surface area contributed by atoms with Gasteiger partial charge in [0.1, 0.15) is 0 Å². The highest BCUT2D eigenvalue weighted by molar-refractivity contribution is 5.35. The predicted molar refractivity (Wildman–Crippen MR) is 40.2 cm³/mol. The Kier molecular flexibility index (Phi) is 2.07. The van der Waals surface area contributed by atoms with E-state index in [2.05, 4.69) is 0 Å². The average Bonchev–Trinajstić information content (AvgIpc) is 1.94. The molecule has 0 bridgehead atoms. The van der Waals surface area contributed by atoms with Gasteiger partial charge in [-0.05, 0) is 18.1 Å². The van der Waals surface area contributed by atoms with Crippen LogP contribution in [0.5, 0.6) is 0 Å². The molecule has 1 radical (unpaired) electrons. The summed E-state index contributed by atoms with van der Waals surface area (Å²) in [6.45, 7) is 1.99. The molecule has 0 aliphatic carbocycles. The SMILES string of the molecule is Cc1ccccc1[CH]C#N. The Bertz CT molecular complexity index is 258. The standard InChI is InChI=1S/C9H8N/c1-8-4-2-3-5-9(8)6-7-10/h2-6H,1H3. The fourth-order valence-corrected chi connectivity index (χ4v) is 0.818. The lowest BCUT2D eigenvalue weighted by Gasteiger charge is -1.96. The summed E-state index contributed by atoms with van der Waals surface area (Å²) < 4.78 is 0. The molecule has 0 N–H and O–H groups in total. The lowest BCUT2D eigenvalue weighted by atomic mass is 10.1. The van der Waals surface area contributed by atoms with Crippen LogP contribution in [0.15, 0.2) is 24.3 Å². The van der Waals surface area contributed by atoms with Gasteiger partial charge in [-0.3, -0.25) is 0 Å². The predicted octanol–water partition coefficient (Wildman–Crippen LogP) is 2.07. The molecule has 49 valence electrons. The zero-order chi connectivity index (χ0) is 7.40. The molecule has 1 heteroatoms. The molecule has 0 aliphatic rings. The molecule has 0 spiro atoms. The van der Waals surface area contributed by atoms with Crippen molar-refractivity contribution in [1.29, 1.82) is 5.26 Å². The summed E-state index contributed by atoms with van der Waals surface area (Å²) in [4.78, 5) is 0. The maximum Gasteiger partial charge on any atom is 0.0914 e. The van der Waals surface area contributed by atoms with E-state index in [4.69, 9.17) is 5.26 Å². The van der Waals surface area contributed by atoms with Crippen molar-refractivity contribution >= 4 is 0 Å². The Morgan fingerprint density at radius 1 is 1.40 bits per heavy atom. The number of hydrogen-bond donors (Lipinski definition) is 0. The van der Waals surface area contributed by atoms with Gasteiger partial charge in [0.05, 0.1) is 12.5 Å². The van der Waals surface area contributed by atoms with Crippen LogP contribution in [0.4, 0.5) is 0 Å². The fraction of sp³-hybridized carbons (Fsp3) is 0.111. The third kappa shape index (κ3) is 1.35. The lowest BCUT2D eigenvalue weighted by Crippen LogP contribution is -1.82. The van der Waals surface area contributed by atoms with Crippen LogP contribution in [0.1, 0.15) is 11.1 Å². The van der Waals surface area contributed by atoms with Gasteiger partial charge in [0.15, 0.2) is 0 Å². The third-order valence-electron chi connectivity index (χ3n) is 1.41. The molecule has 0 unspecified atom stereocenters. The summed E-state index contributed by atoms with van der Waals surface area (Å²) in [7, 11) is 0. The molecule has 10 heavy (non-hydrogen) atoms. The zero-order valence-corrected chi connectivity index (χ0v) is 5.83. The molecule has 1 aromatic carbocycles. The van der Waals surface area contributed by atoms with Crippen molar-refractivity contribution in [2.45, 2.75) is 6.92 Å². The Morgan fingerprint density at radius 3 is 2.70 bits per heavy atom. The van der Waals surface area contributed by atoms with Crippen molar-refractivity contribution < 1.29 is 0 Å². The minimum Gasteiger partial charge on any atom is -0.198 e. The minimum atomic E-state index is 1.00. The van der Waals surface area contributed by atoms with Crippen LogP contribution >= 0.6 is 0 Å². The van der Waals surface area contributed by atoms with Crippen molar-refractivity contribution in [3.05, 3.63) is 41.8 Å². The molecule has 1 rings (SSSR count). The van der Waals surface area contributed by atoms with Gasteiger partial charge in [-0.25, -0.2) is 0 Å². The van der Waals surface area contributed by atoms with Crippen LogP contribution < -0.4 is 0 Å². The van der Waals surface area contributed by atoms with E-state index in [-0.39, 0.29) is 0 Å². The number of rotatable bonds is 1. The number of benzene rings is 1. The topological polar surface area (TPSA) is 23.8 Å². The Hall–Kier alpha value is -1.29. The van der Waals surface area contributed by atoms with E-state index < -0.39 is 0 Å². The molecular weight excluding hydrogens is 122 g/mol. The van der Waals surface area contributed by atoms with E-state index in [1.807, 2.05) is 37.3 Å². The van der Waals surface area contributed by atoms with Crippen LogP contribution in [0.25, 0.3) is 0 Å². The van der Waals surface area contributed by atoms with Crippen molar-refractivity contribution in [1.82, 2.24) is 0 Å². The molecule has 0 saturated carbocycles. The van der Waals surface area contributed by atoms with E-state index in [0.717, 1.165) is 11.1 Å². The van der Waals surface area contributed by atoms with E-state index in [1.54, 1.807) is 6.42 Å². The smallest absolute Gasteiger partial charge is 0.0914 e. The second kappa shape index (κ2) is 3.03. The maximum atomic E-state index is 8.34. The Balaban J connectivity index is 2.94. The summed E-state index contributed by atoms with van der Waals surface area (Å²) in [6.07, 6.45) is 1.55. The van der Waals surface area contributed by atoms with Crippen molar-refractivity contribution in [2.75, 3.05) is 0 Å². The molecule has 0 aliphatic heterocycles. The minimum absolute atomic E-state index is 1.00. The normalized spacial score (nSPS) is 8.80. The monoisotopic (exact) mass is 130 g/mol. The van der Waals surface area contributed by atoms with Crippen LogP contribution in [-0.2, 0) is 0 Å². The molecule has 0 fully saturated rings. The van der Waals surface area contributed by atoms with Gasteiger partial charge in [-0.1, -0.05) is 24.3 Å². The van der Waals surface area contributed by atoms with Crippen molar-refractivity contribution in [3.63, 3.8) is 0 Å². The van der Waals surface area contributed by atoms with Crippen LogP contribution in [0.2, 0.25) is 0 Å². The van der Waals surface area contributed by atoms with E-state index in [1.165, 1.54) is 0 Å². The van der Waals surface area contributed by atoms with E-state index in [9.17, 15) is 0 Å². The van der Waals surface area contributed by atoms with Gasteiger partial charge in [0.2, 0.25) is 0 Å². The molecule has 0 amide bonds. The van der Waals surface area contributed by atoms with Gasteiger partial charge in [0.25, 0.3) is 0 Å². The first-order valence-corrected chi connectivity index (χ1v) is 3.13.